The van der Waals surface area contributed by atoms with Gasteiger partial charge in [0, 0.05) is 38.0 Å². The lowest BCUT2D eigenvalue weighted by Gasteiger charge is -2.25. The maximum absolute atomic E-state index is 12.6. The Morgan fingerprint density at radius 1 is 1.21 bits per heavy atom. The van der Waals surface area contributed by atoms with Crippen molar-refractivity contribution in [3.8, 4) is 0 Å². The minimum absolute atomic E-state index is 0.272. The van der Waals surface area contributed by atoms with Gasteiger partial charge in [-0.3, -0.25) is 4.99 Å². The van der Waals surface area contributed by atoms with Gasteiger partial charge in [0.15, 0.2) is 11.7 Å². The second kappa shape index (κ2) is 10.4. The van der Waals surface area contributed by atoms with Crippen LogP contribution in [0.25, 0.3) is 0 Å². The maximum atomic E-state index is 12.6. The number of hydrogen-bond acceptors (Lipinski definition) is 4. The number of nitrogens with zero attached hydrogens (tertiary/aromatic N) is 3. The Morgan fingerprint density at radius 3 is 2.50 bits per heavy atom. The van der Waals surface area contributed by atoms with Crippen LogP contribution in [-0.4, -0.2) is 56.1 Å². The SMILES string of the molecule is CN=C(NCCc1nc(C(F)(F)F)cs1)NCC(Cc1ccccc1)N(C)C. The summed E-state index contributed by atoms with van der Waals surface area (Å²) < 4.78 is 37.8. The third kappa shape index (κ3) is 7.12. The number of halogens is 3. The maximum Gasteiger partial charge on any atom is 0.434 e. The van der Waals surface area contributed by atoms with Crippen LogP contribution in [0.15, 0.2) is 40.7 Å². The third-order valence-electron chi connectivity index (χ3n) is 4.25. The molecule has 0 saturated carbocycles. The first-order valence-corrected chi connectivity index (χ1v) is 9.84. The molecule has 2 aromatic rings. The first-order valence-electron chi connectivity index (χ1n) is 8.96. The zero-order valence-electron chi connectivity index (χ0n) is 16.3. The molecule has 9 heteroatoms. The molecule has 1 atom stereocenters. The minimum atomic E-state index is -4.39. The van der Waals surface area contributed by atoms with Crippen LogP contribution in [-0.2, 0) is 19.0 Å². The smallest absolute Gasteiger partial charge is 0.356 e. The molecule has 2 N–H and O–H groups in total. The zero-order chi connectivity index (χ0) is 20.6. The molecule has 28 heavy (non-hydrogen) atoms. The second-order valence-corrected chi connectivity index (χ2v) is 7.50. The molecule has 0 amide bonds. The number of aromatic nitrogens is 1. The van der Waals surface area contributed by atoms with Gasteiger partial charge in [-0.15, -0.1) is 11.3 Å². The molecule has 1 aromatic heterocycles. The second-order valence-electron chi connectivity index (χ2n) is 6.56. The van der Waals surface area contributed by atoms with E-state index in [0.29, 0.717) is 30.5 Å². The summed E-state index contributed by atoms with van der Waals surface area (Å²) in [6.45, 7) is 1.15. The molecular formula is C19H26F3N5S. The highest BCUT2D eigenvalue weighted by Crippen LogP contribution is 2.29. The molecule has 0 aliphatic heterocycles. The van der Waals surface area contributed by atoms with Crippen molar-refractivity contribution in [1.82, 2.24) is 20.5 Å². The van der Waals surface area contributed by atoms with Gasteiger partial charge in [0.2, 0.25) is 0 Å². The Morgan fingerprint density at radius 2 is 1.93 bits per heavy atom. The number of hydrogen-bond donors (Lipinski definition) is 2. The van der Waals surface area contributed by atoms with Gasteiger partial charge in [0.05, 0.1) is 5.01 Å². The van der Waals surface area contributed by atoms with E-state index < -0.39 is 11.9 Å². The van der Waals surface area contributed by atoms with Gasteiger partial charge >= 0.3 is 6.18 Å². The van der Waals surface area contributed by atoms with E-state index in [9.17, 15) is 13.2 Å². The van der Waals surface area contributed by atoms with Gasteiger partial charge in [-0.1, -0.05) is 30.3 Å². The van der Waals surface area contributed by atoms with Gasteiger partial charge in [-0.25, -0.2) is 4.98 Å². The topological polar surface area (TPSA) is 52.6 Å². The lowest BCUT2D eigenvalue weighted by atomic mass is 10.1. The number of likely N-dealkylation sites (N-methyl/N-ethyl adjacent to an activating group) is 1. The van der Waals surface area contributed by atoms with E-state index >= 15 is 0 Å². The quantitative estimate of drug-likeness (QED) is 0.516. The highest BCUT2D eigenvalue weighted by molar-refractivity contribution is 7.09. The summed E-state index contributed by atoms with van der Waals surface area (Å²) >= 11 is 1.02. The van der Waals surface area contributed by atoms with E-state index in [4.69, 9.17) is 0 Å². The fourth-order valence-electron chi connectivity index (χ4n) is 2.60. The van der Waals surface area contributed by atoms with E-state index in [2.05, 4.69) is 37.6 Å². The fraction of sp³-hybridized carbons (Fsp3) is 0.474. The Kier molecular flexibility index (Phi) is 8.25. The average Bonchev–Trinajstić information content (AvgIpc) is 3.13. The number of benzene rings is 1. The van der Waals surface area contributed by atoms with Crippen LogP contribution in [0.3, 0.4) is 0 Å². The molecular weight excluding hydrogens is 387 g/mol. The Labute approximate surface area is 167 Å². The molecule has 5 nitrogen and oxygen atoms in total. The van der Waals surface area contributed by atoms with Crippen LogP contribution in [0.1, 0.15) is 16.3 Å². The van der Waals surface area contributed by atoms with Crippen molar-refractivity contribution in [3.63, 3.8) is 0 Å². The van der Waals surface area contributed by atoms with Gasteiger partial charge in [0.1, 0.15) is 0 Å². The van der Waals surface area contributed by atoms with Gasteiger partial charge in [-0.2, -0.15) is 13.2 Å². The van der Waals surface area contributed by atoms with E-state index in [0.717, 1.165) is 23.1 Å². The standard InChI is InChI=1S/C19H26F3N5S/c1-23-18(24-10-9-17-26-16(13-28-17)19(20,21)22)25-12-15(27(2)3)11-14-7-5-4-6-8-14/h4-8,13,15H,9-12H2,1-3H3,(H2,23,24,25). The molecule has 2 rings (SSSR count). The number of alkyl halides is 3. The number of thiazole rings is 1. The molecule has 1 aromatic carbocycles. The van der Waals surface area contributed by atoms with E-state index in [1.807, 2.05) is 32.3 Å². The van der Waals surface area contributed by atoms with Crippen LogP contribution in [0.4, 0.5) is 13.2 Å². The van der Waals surface area contributed by atoms with Crippen molar-refractivity contribution >= 4 is 17.3 Å². The van der Waals surface area contributed by atoms with E-state index in [1.54, 1.807) is 7.05 Å². The van der Waals surface area contributed by atoms with Crippen LogP contribution in [0, 0.1) is 0 Å². The predicted octanol–water partition coefficient (Wildman–Crippen LogP) is 3.04. The Bertz CT molecular complexity index is 744. The van der Waals surface area contributed by atoms with Crippen molar-refractivity contribution in [1.29, 1.82) is 0 Å². The first kappa shape index (κ1) is 22.2. The van der Waals surface area contributed by atoms with Crippen molar-refractivity contribution in [2.45, 2.75) is 25.1 Å². The molecule has 0 spiro atoms. The molecule has 0 bridgehead atoms. The largest absolute Gasteiger partial charge is 0.434 e. The summed E-state index contributed by atoms with van der Waals surface area (Å²) in [5, 5.41) is 7.92. The normalized spacial score (nSPS) is 13.6. The monoisotopic (exact) mass is 413 g/mol. The molecule has 0 fully saturated rings. The van der Waals surface area contributed by atoms with Crippen LogP contribution >= 0.6 is 11.3 Å². The molecule has 0 aliphatic rings. The fourth-order valence-corrected chi connectivity index (χ4v) is 3.41. The van der Waals surface area contributed by atoms with Gasteiger partial charge < -0.3 is 15.5 Å². The van der Waals surface area contributed by atoms with Crippen LogP contribution in [0.5, 0.6) is 0 Å². The van der Waals surface area contributed by atoms with Crippen LogP contribution in [0.2, 0.25) is 0 Å². The summed E-state index contributed by atoms with van der Waals surface area (Å²) in [6, 6.07) is 10.5. The number of guanidine groups is 1. The zero-order valence-corrected chi connectivity index (χ0v) is 17.1. The van der Waals surface area contributed by atoms with Gasteiger partial charge in [0.25, 0.3) is 0 Å². The first-order chi connectivity index (χ1) is 13.3. The number of aliphatic imine (C=N–C) groups is 1. The van der Waals surface area contributed by atoms with Crippen molar-refractivity contribution in [2.24, 2.45) is 4.99 Å². The Hall–Kier alpha value is -2.13. The molecule has 0 radical (unpaired) electrons. The summed E-state index contributed by atoms with van der Waals surface area (Å²) in [5.74, 6) is 0.618. The lowest BCUT2D eigenvalue weighted by molar-refractivity contribution is -0.140. The van der Waals surface area contributed by atoms with Gasteiger partial charge in [-0.05, 0) is 26.1 Å². The van der Waals surface area contributed by atoms with Crippen LogP contribution < -0.4 is 10.6 Å². The molecule has 154 valence electrons. The average molecular weight is 414 g/mol. The number of nitrogens with one attached hydrogen (secondary N) is 2. The number of rotatable bonds is 8. The van der Waals surface area contributed by atoms with Crippen molar-refractivity contribution < 1.29 is 13.2 Å². The van der Waals surface area contributed by atoms with Crippen molar-refractivity contribution in [2.75, 3.05) is 34.2 Å². The van der Waals surface area contributed by atoms with E-state index in [-0.39, 0.29) is 6.04 Å². The molecule has 0 aliphatic carbocycles. The summed E-state index contributed by atoms with van der Waals surface area (Å²) in [5.41, 5.74) is 0.430. The van der Waals surface area contributed by atoms with Crippen molar-refractivity contribution in [3.05, 3.63) is 52.0 Å². The molecule has 0 saturated heterocycles. The Balaban J connectivity index is 1.80. The highest BCUT2D eigenvalue weighted by Gasteiger charge is 2.33. The lowest BCUT2D eigenvalue weighted by Crippen LogP contribution is -2.46. The van der Waals surface area contributed by atoms with E-state index in [1.165, 1.54) is 5.56 Å². The molecule has 1 unspecified atom stereocenters. The predicted molar refractivity (Wildman–Crippen MR) is 108 cm³/mol. The highest BCUT2D eigenvalue weighted by atomic mass is 32.1. The third-order valence-corrected chi connectivity index (χ3v) is 5.16. The minimum Gasteiger partial charge on any atom is -0.356 e. The summed E-state index contributed by atoms with van der Waals surface area (Å²) in [4.78, 5) is 9.97. The molecule has 1 heterocycles. The summed E-state index contributed by atoms with van der Waals surface area (Å²) in [6.07, 6.45) is -3.08. The summed E-state index contributed by atoms with van der Waals surface area (Å²) in [7, 11) is 5.74.